The zero-order valence-electron chi connectivity index (χ0n) is 15.9. The average Bonchev–Trinajstić information content (AvgIpc) is 2.68. The maximum Gasteiger partial charge on any atom is 0.246 e. The second-order valence-corrected chi connectivity index (χ2v) is 9.24. The Morgan fingerprint density at radius 2 is 1.71 bits per heavy atom. The highest BCUT2D eigenvalue weighted by molar-refractivity contribution is 7.89. The van der Waals surface area contributed by atoms with Gasteiger partial charge < -0.3 is 4.90 Å². The van der Waals surface area contributed by atoms with Crippen molar-refractivity contribution in [3.05, 3.63) is 70.3 Å². The van der Waals surface area contributed by atoms with E-state index >= 15 is 0 Å². The first kappa shape index (κ1) is 20.6. The molecule has 148 valence electrons. The molecule has 2 aromatic carbocycles. The van der Waals surface area contributed by atoms with Gasteiger partial charge in [0.25, 0.3) is 0 Å². The SMILES string of the molecule is Cc1ccc(S(=O)(=O)N2CCN(C(=O)C=Cc3cccc(Cl)c3)CC2)cc1C. The first-order valence-corrected chi connectivity index (χ1v) is 10.9. The standard InChI is InChI=1S/C21H23ClN2O3S/c1-16-6-8-20(14-17(16)2)28(26,27)24-12-10-23(11-13-24)21(25)9-7-18-4-3-5-19(22)15-18/h3-9,14-15H,10-13H2,1-2H3. The number of amides is 1. The summed E-state index contributed by atoms with van der Waals surface area (Å²) in [6.07, 6.45) is 3.21. The topological polar surface area (TPSA) is 57.7 Å². The van der Waals surface area contributed by atoms with Crippen LogP contribution in [0.25, 0.3) is 6.08 Å². The molecule has 1 fully saturated rings. The van der Waals surface area contributed by atoms with Crippen LogP contribution in [0.2, 0.25) is 5.02 Å². The third-order valence-corrected chi connectivity index (χ3v) is 7.06. The second-order valence-electron chi connectivity index (χ2n) is 6.86. The number of sulfonamides is 1. The second kappa shape index (κ2) is 8.47. The van der Waals surface area contributed by atoms with E-state index in [1.807, 2.05) is 32.0 Å². The molecule has 1 amide bonds. The minimum Gasteiger partial charge on any atom is -0.337 e. The monoisotopic (exact) mass is 418 g/mol. The van der Waals surface area contributed by atoms with Crippen molar-refractivity contribution >= 4 is 33.6 Å². The molecule has 0 spiro atoms. The molecule has 0 radical (unpaired) electrons. The number of carbonyl (C=O) groups excluding carboxylic acids is 1. The molecule has 28 heavy (non-hydrogen) atoms. The van der Waals surface area contributed by atoms with Crippen LogP contribution in [-0.2, 0) is 14.8 Å². The van der Waals surface area contributed by atoms with Gasteiger partial charge in [-0.1, -0.05) is 29.8 Å². The Kier molecular flexibility index (Phi) is 6.23. The third kappa shape index (κ3) is 4.63. The summed E-state index contributed by atoms with van der Waals surface area (Å²) in [7, 11) is -3.55. The van der Waals surface area contributed by atoms with Crippen LogP contribution in [-0.4, -0.2) is 49.7 Å². The first-order chi connectivity index (χ1) is 13.3. The van der Waals surface area contributed by atoms with E-state index < -0.39 is 10.0 Å². The molecule has 0 aliphatic carbocycles. The number of hydrogen-bond acceptors (Lipinski definition) is 3. The number of nitrogens with zero attached hydrogens (tertiary/aromatic N) is 2. The van der Waals surface area contributed by atoms with Crippen molar-refractivity contribution in [2.24, 2.45) is 0 Å². The molecule has 2 aromatic rings. The predicted octanol–water partition coefficient (Wildman–Crippen LogP) is 3.50. The average molecular weight is 419 g/mol. The fourth-order valence-corrected chi connectivity index (χ4v) is 4.76. The van der Waals surface area contributed by atoms with Crippen LogP contribution in [0, 0.1) is 13.8 Å². The van der Waals surface area contributed by atoms with Gasteiger partial charge in [-0.3, -0.25) is 4.79 Å². The molecule has 5 nitrogen and oxygen atoms in total. The maximum atomic E-state index is 12.9. The lowest BCUT2D eigenvalue weighted by Gasteiger charge is -2.33. The molecule has 0 N–H and O–H groups in total. The zero-order valence-corrected chi connectivity index (χ0v) is 17.5. The van der Waals surface area contributed by atoms with Gasteiger partial charge in [0.2, 0.25) is 15.9 Å². The lowest BCUT2D eigenvalue weighted by atomic mass is 10.1. The highest BCUT2D eigenvalue weighted by atomic mass is 35.5. The van der Waals surface area contributed by atoms with E-state index in [1.165, 1.54) is 10.4 Å². The van der Waals surface area contributed by atoms with Crippen LogP contribution in [0.3, 0.4) is 0 Å². The molecule has 7 heteroatoms. The Morgan fingerprint density at radius 1 is 1.00 bits per heavy atom. The lowest BCUT2D eigenvalue weighted by molar-refractivity contribution is -0.127. The summed E-state index contributed by atoms with van der Waals surface area (Å²) >= 11 is 5.94. The van der Waals surface area contributed by atoms with Crippen LogP contribution in [0.1, 0.15) is 16.7 Å². The minimum absolute atomic E-state index is 0.136. The van der Waals surface area contributed by atoms with Gasteiger partial charge in [-0.2, -0.15) is 4.31 Å². The van der Waals surface area contributed by atoms with Gasteiger partial charge >= 0.3 is 0 Å². The number of rotatable bonds is 4. The van der Waals surface area contributed by atoms with Crippen molar-refractivity contribution in [1.82, 2.24) is 9.21 Å². The van der Waals surface area contributed by atoms with E-state index in [1.54, 1.807) is 35.2 Å². The Morgan fingerprint density at radius 3 is 2.36 bits per heavy atom. The maximum absolute atomic E-state index is 12.9. The van der Waals surface area contributed by atoms with Gasteiger partial charge in [0.15, 0.2) is 0 Å². The smallest absolute Gasteiger partial charge is 0.246 e. The van der Waals surface area contributed by atoms with E-state index in [9.17, 15) is 13.2 Å². The van der Waals surface area contributed by atoms with Crippen molar-refractivity contribution in [2.45, 2.75) is 18.7 Å². The van der Waals surface area contributed by atoms with Gasteiger partial charge in [0.1, 0.15) is 0 Å². The van der Waals surface area contributed by atoms with Crippen LogP contribution in [0.4, 0.5) is 0 Å². The van der Waals surface area contributed by atoms with Crippen molar-refractivity contribution in [2.75, 3.05) is 26.2 Å². The van der Waals surface area contributed by atoms with Gasteiger partial charge in [0.05, 0.1) is 4.90 Å². The first-order valence-electron chi connectivity index (χ1n) is 9.07. The van der Waals surface area contributed by atoms with Crippen molar-refractivity contribution in [3.8, 4) is 0 Å². The Labute approximate surface area is 171 Å². The fourth-order valence-electron chi connectivity index (χ4n) is 3.06. The third-order valence-electron chi connectivity index (χ3n) is 4.93. The number of carbonyl (C=O) groups is 1. The summed E-state index contributed by atoms with van der Waals surface area (Å²) in [6.45, 7) is 5.15. The van der Waals surface area contributed by atoms with Crippen molar-refractivity contribution < 1.29 is 13.2 Å². The number of benzene rings is 2. The largest absolute Gasteiger partial charge is 0.337 e. The van der Waals surface area contributed by atoms with Crippen LogP contribution < -0.4 is 0 Å². The minimum atomic E-state index is -3.55. The van der Waals surface area contributed by atoms with E-state index in [2.05, 4.69) is 0 Å². The van der Waals surface area contributed by atoms with Crippen molar-refractivity contribution in [1.29, 1.82) is 0 Å². The summed E-state index contributed by atoms with van der Waals surface area (Å²) in [6, 6.07) is 12.4. The predicted molar refractivity (Wildman–Crippen MR) is 112 cm³/mol. The highest BCUT2D eigenvalue weighted by Crippen LogP contribution is 2.20. The summed E-state index contributed by atoms with van der Waals surface area (Å²) in [5, 5.41) is 0.611. The summed E-state index contributed by atoms with van der Waals surface area (Å²) < 4.78 is 27.2. The molecule has 0 bridgehead atoms. The Balaban J connectivity index is 1.63. The van der Waals surface area contributed by atoms with Gasteiger partial charge in [0, 0.05) is 37.3 Å². The van der Waals surface area contributed by atoms with Gasteiger partial charge in [-0.05, 0) is 60.9 Å². The molecular formula is C21H23ClN2O3S. The highest BCUT2D eigenvalue weighted by Gasteiger charge is 2.29. The number of aryl methyl sites for hydroxylation is 2. The van der Waals surface area contributed by atoms with Crippen LogP contribution >= 0.6 is 11.6 Å². The van der Waals surface area contributed by atoms with Gasteiger partial charge in [-0.25, -0.2) is 8.42 Å². The molecule has 1 heterocycles. The van der Waals surface area contributed by atoms with E-state index in [4.69, 9.17) is 11.6 Å². The van der Waals surface area contributed by atoms with E-state index in [-0.39, 0.29) is 19.0 Å². The molecule has 0 atom stereocenters. The molecule has 0 aromatic heterocycles. The van der Waals surface area contributed by atoms with Crippen molar-refractivity contribution in [3.63, 3.8) is 0 Å². The van der Waals surface area contributed by atoms with Crippen LogP contribution in [0.15, 0.2) is 53.4 Å². The normalized spacial score (nSPS) is 15.9. The molecular weight excluding hydrogens is 396 g/mol. The quantitative estimate of drug-likeness (QED) is 0.714. The van der Waals surface area contributed by atoms with E-state index in [0.717, 1.165) is 16.7 Å². The van der Waals surface area contributed by atoms with E-state index in [0.29, 0.717) is 23.0 Å². The zero-order chi connectivity index (χ0) is 20.3. The molecule has 3 rings (SSSR count). The Bertz CT molecular complexity index is 1010. The molecule has 1 saturated heterocycles. The molecule has 1 aliphatic rings. The fraction of sp³-hybridized carbons (Fsp3) is 0.286. The number of halogens is 1. The summed E-state index contributed by atoms with van der Waals surface area (Å²) in [4.78, 5) is 14.4. The lowest BCUT2D eigenvalue weighted by Crippen LogP contribution is -2.50. The number of piperazine rings is 1. The molecule has 0 unspecified atom stereocenters. The summed E-state index contributed by atoms with van der Waals surface area (Å²) in [5.74, 6) is -0.136. The van der Waals surface area contributed by atoms with Crippen LogP contribution in [0.5, 0.6) is 0 Å². The van der Waals surface area contributed by atoms with Gasteiger partial charge in [-0.15, -0.1) is 0 Å². The molecule has 0 saturated carbocycles. The summed E-state index contributed by atoms with van der Waals surface area (Å²) in [5.41, 5.74) is 2.85. The Hall–Kier alpha value is -2.15. The molecule has 1 aliphatic heterocycles. The number of hydrogen-bond donors (Lipinski definition) is 0.